The third kappa shape index (κ3) is 4.43. The van der Waals surface area contributed by atoms with Crippen molar-refractivity contribution >= 4 is 17.7 Å². The molecule has 0 aliphatic carbocycles. The number of amides is 1. The Labute approximate surface area is 161 Å². The molecule has 2 aromatic carbocycles. The number of hydrogen-bond acceptors (Lipinski definition) is 4. The van der Waals surface area contributed by atoms with Gasteiger partial charge in [0, 0.05) is 6.07 Å². The summed E-state index contributed by atoms with van der Waals surface area (Å²) in [5.74, 6) is -1.33. The summed E-state index contributed by atoms with van der Waals surface area (Å²) in [6.45, 7) is 4.89. The number of aryl methyl sites for hydroxylation is 3. The molecule has 0 spiro atoms. The van der Waals surface area contributed by atoms with E-state index in [4.69, 9.17) is 4.74 Å². The summed E-state index contributed by atoms with van der Waals surface area (Å²) in [7, 11) is 0. The van der Waals surface area contributed by atoms with Crippen molar-refractivity contribution in [2.45, 2.75) is 20.8 Å². The topological polar surface area (TPSA) is 73.2 Å². The Morgan fingerprint density at radius 1 is 1.07 bits per heavy atom. The maximum absolute atomic E-state index is 13.6. The minimum absolute atomic E-state index is 0.0523. The zero-order valence-corrected chi connectivity index (χ0v) is 15.8. The molecule has 1 aromatic heterocycles. The van der Waals surface area contributed by atoms with Gasteiger partial charge in [0.15, 0.2) is 6.61 Å². The average Bonchev–Trinajstić information content (AvgIpc) is 3.02. The summed E-state index contributed by atoms with van der Waals surface area (Å²) in [5.41, 5.74) is 3.10. The predicted octanol–water partition coefficient (Wildman–Crippen LogP) is 3.73. The number of nitrogens with one attached hydrogen (secondary N) is 1. The summed E-state index contributed by atoms with van der Waals surface area (Å²) in [5, 5.41) is 7.06. The van der Waals surface area contributed by atoms with Crippen molar-refractivity contribution in [1.29, 1.82) is 0 Å². The van der Waals surface area contributed by atoms with E-state index in [2.05, 4.69) is 10.4 Å². The van der Waals surface area contributed by atoms with Crippen LogP contribution in [0.4, 0.5) is 10.2 Å². The van der Waals surface area contributed by atoms with E-state index >= 15 is 0 Å². The summed E-state index contributed by atoms with van der Waals surface area (Å²) < 4.78 is 20.1. The minimum atomic E-state index is -0.766. The number of hydrogen-bond donors (Lipinski definition) is 1. The van der Waals surface area contributed by atoms with E-state index < -0.39 is 24.3 Å². The van der Waals surface area contributed by atoms with E-state index in [-0.39, 0.29) is 5.56 Å². The second-order valence-electron chi connectivity index (χ2n) is 6.51. The third-order valence-corrected chi connectivity index (χ3v) is 4.12. The fourth-order valence-electron chi connectivity index (χ4n) is 2.58. The Bertz CT molecular complexity index is 1030. The molecule has 1 N–H and O–H groups in total. The molecule has 6 nitrogen and oxygen atoms in total. The zero-order valence-electron chi connectivity index (χ0n) is 15.8. The first kappa shape index (κ1) is 19.3. The number of halogens is 1. The minimum Gasteiger partial charge on any atom is -0.452 e. The van der Waals surface area contributed by atoms with Gasteiger partial charge >= 0.3 is 5.97 Å². The van der Waals surface area contributed by atoms with Crippen molar-refractivity contribution in [1.82, 2.24) is 9.78 Å². The van der Waals surface area contributed by atoms with Gasteiger partial charge in [0.2, 0.25) is 0 Å². The Hall–Kier alpha value is -3.48. The molecule has 0 unspecified atom stereocenters. The highest BCUT2D eigenvalue weighted by atomic mass is 19.1. The van der Waals surface area contributed by atoms with Gasteiger partial charge in [0.1, 0.15) is 11.6 Å². The Morgan fingerprint density at radius 3 is 2.46 bits per heavy atom. The van der Waals surface area contributed by atoms with Crippen LogP contribution in [0.5, 0.6) is 0 Å². The van der Waals surface area contributed by atoms with Crippen LogP contribution in [-0.2, 0) is 9.53 Å². The second kappa shape index (κ2) is 8.04. The van der Waals surface area contributed by atoms with Gasteiger partial charge in [-0.3, -0.25) is 4.79 Å². The standard InChI is InChI=1S/C21H20FN3O3/c1-13-4-8-17(9-5-13)25-19(10-15(3)24-25)23-20(26)12-28-21(27)16-7-6-14(2)18(22)11-16/h4-11H,12H2,1-3H3,(H,23,26). The molecule has 7 heteroatoms. The van der Waals surface area contributed by atoms with Crippen molar-refractivity contribution in [2.24, 2.45) is 0 Å². The zero-order chi connectivity index (χ0) is 20.3. The monoisotopic (exact) mass is 381 g/mol. The summed E-state index contributed by atoms with van der Waals surface area (Å²) in [6.07, 6.45) is 0. The highest BCUT2D eigenvalue weighted by Gasteiger charge is 2.14. The van der Waals surface area contributed by atoms with E-state index in [1.165, 1.54) is 12.1 Å². The largest absolute Gasteiger partial charge is 0.452 e. The lowest BCUT2D eigenvalue weighted by atomic mass is 10.1. The SMILES string of the molecule is Cc1ccc(-n2nc(C)cc2NC(=O)COC(=O)c2ccc(C)c(F)c2)cc1. The number of ether oxygens (including phenoxy) is 1. The first-order valence-corrected chi connectivity index (χ1v) is 8.70. The van der Waals surface area contributed by atoms with Crippen LogP contribution < -0.4 is 5.32 Å². The van der Waals surface area contributed by atoms with Crippen LogP contribution in [0.1, 0.15) is 27.2 Å². The molecule has 3 aromatic rings. The molecule has 0 saturated carbocycles. The Morgan fingerprint density at radius 2 is 1.79 bits per heavy atom. The van der Waals surface area contributed by atoms with Crippen molar-refractivity contribution in [3.8, 4) is 5.69 Å². The summed E-state index contributed by atoms with van der Waals surface area (Å²) >= 11 is 0. The first-order valence-electron chi connectivity index (χ1n) is 8.70. The Kier molecular flexibility index (Phi) is 5.54. The fourth-order valence-corrected chi connectivity index (χ4v) is 2.58. The maximum Gasteiger partial charge on any atom is 0.338 e. The van der Waals surface area contributed by atoms with Crippen LogP contribution in [0.25, 0.3) is 5.69 Å². The summed E-state index contributed by atoms with van der Waals surface area (Å²) in [4.78, 5) is 24.2. The van der Waals surface area contributed by atoms with E-state index in [0.717, 1.165) is 23.0 Å². The number of aromatic nitrogens is 2. The molecule has 0 saturated heterocycles. The average molecular weight is 381 g/mol. The van der Waals surface area contributed by atoms with Crippen LogP contribution in [0.3, 0.4) is 0 Å². The molecule has 0 aliphatic heterocycles. The molecule has 1 amide bonds. The molecule has 144 valence electrons. The molecule has 1 heterocycles. The molecule has 0 bridgehead atoms. The van der Waals surface area contributed by atoms with Crippen molar-refractivity contribution in [2.75, 3.05) is 11.9 Å². The second-order valence-corrected chi connectivity index (χ2v) is 6.51. The van der Waals surface area contributed by atoms with Crippen LogP contribution in [0.15, 0.2) is 48.5 Å². The lowest BCUT2D eigenvalue weighted by Crippen LogP contribution is -2.22. The smallest absolute Gasteiger partial charge is 0.338 e. The third-order valence-electron chi connectivity index (χ3n) is 4.12. The molecular weight excluding hydrogens is 361 g/mol. The van der Waals surface area contributed by atoms with E-state index in [1.807, 2.05) is 38.1 Å². The number of anilines is 1. The van der Waals surface area contributed by atoms with Crippen LogP contribution in [0.2, 0.25) is 0 Å². The lowest BCUT2D eigenvalue weighted by Gasteiger charge is -2.10. The molecule has 0 fully saturated rings. The summed E-state index contributed by atoms with van der Waals surface area (Å²) in [6, 6.07) is 13.4. The van der Waals surface area contributed by atoms with Crippen molar-refractivity contribution in [3.63, 3.8) is 0 Å². The molecule has 28 heavy (non-hydrogen) atoms. The van der Waals surface area contributed by atoms with Gasteiger partial charge in [-0.2, -0.15) is 5.10 Å². The molecule has 0 aliphatic rings. The van der Waals surface area contributed by atoms with Crippen LogP contribution in [0, 0.1) is 26.6 Å². The number of carbonyl (C=O) groups is 2. The normalized spacial score (nSPS) is 10.6. The number of benzene rings is 2. The molecular formula is C21H20FN3O3. The van der Waals surface area contributed by atoms with Gasteiger partial charge < -0.3 is 10.1 Å². The van der Waals surface area contributed by atoms with Gasteiger partial charge in [-0.1, -0.05) is 23.8 Å². The van der Waals surface area contributed by atoms with Gasteiger partial charge in [0.25, 0.3) is 5.91 Å². The molecule has 0 atom stereocenters. The Balaban J connectivity index is 1.66. The van der Waals surface area contributed by atoms with Gasteiger partial charge in [-0.15, -0.1) is 0 Å². The molecule has 0 radical (unpaired) electrons. The number of esters is 1. The number of nitrogens with zero attached hydrogens (tertiary/aromatic N) is 2. The lowest BCUT2D eigenvalue weighted by molar-refractivity contribution is -0.119. The van der Waals surface area contributed by atoms with E-state index in [1.54, 1.807) is 17.7 Å². The van der Waals surface area contributed by atoms with Crippen molar-refractivity contribution < 1.29 is 18.7 Å². The van der Waals surface area contributed by atoms with Crippen LogP contribution >= 0.6 is 0 Å². The molecule has 3 rings (SSSR count). The number of rotatable bonds is 5. The quantitative estimate of drug-likeness (QED) is 0.684. The van der Waals surface area contributed by atoms with Gasteiger partial charge in [-0.25, -0.2) is 13.9 Å². The van der Waals surface area contributed by atoms with Crippen LogP contribution in [-0.4, -0.2) is 28.3 Å². The highest BCUT2D eigenvalue weighted by molar-refractivity contribution is 5.95. The maximum atomic E-state index is 13.6. The van der Waals surface area contributed by atoms with E-state index in [0.29, 0.717) is 11.4 Å². The fraction of sp³-hybridized carbons (Fsp3) is 0.190. The van der Waals surface area contributed by atoms with E-state index in [9.17, 15) is 14.0 Å². The predicted molar refractivity (Wildman–Crippen MR) is 103 cm³/mol. The van der Waals surface area contributed by atoms with Gasteiger partial charge in [0.05, 0.1) is 16.9 Å². The number of carbonyl (C=O) groups excluding carboxylic acids is 2. The van der Waals surface area contributed by atoms with Crippen molar-refractivity contribution in [3.05, 3.63) is 76.7 Å². The highest BCUT2D eigenvalue weighted by Crippen LogP contribution is 2.18. The van der Waals surface area contributed by atoms with Gasteiger partial charge in [-0.05, 0) is 50.6 Å². The first-order chi connectivity index (χ1) is 13.3.